The summed E-state index contributed by atoms with van der Waals surface area (Å²) in [7, 11) is 1.83. The number of rotatable bonds is 2. The summed E-state index contributed by atoms with van der Waals surface area (Å²) in [5.41, 5.74) is 0. The molecule has 0 fully saturated rings. The first-order chi connectivity index (χ1) is 4.83. The number of nitrogens with zero attached hydrogens (tertiary/aromatic N) is 2. The Balaban J connectivity index is -0.000000114. The molecule has 3 heteroatoms. The van der Waals surface area contributed by atoms with Gasteiger partial charge in [-0.05, 0) is 7.05 Å². The van der Waals surface area contributed by atoms with Crippen LogP contribution >= 0.6 is 0 Å². The van der Waals surface area contributed by atoms with E-state index < -0.39 is 0 Å². The molecule has 0 aromatic carbocycles. The fraction of sp³-hybridized carbons (Fsp3) is 0.500. The van der Waals surface area contributed by atoms with Crippen LogP contribution in [0, 0.1) is 22.7 Å². The second kappa shape index (κ2) is 23.4. The maximum absolute atomic E-state index is 7.91. The molecule has 0 aromatic rings. The van der Waals surface area contributed by atoms with E-state index in [9.17, 15) is 0 Å². The molecule has 0 saturated carbocycles. The van der Waals surface area contributed by atoms with Crippen LogP contribution in [0.3, 0.4) is 0 Å². The van der Waals surface area contributed by atoms with Crippen molar-refractivity contribution in [2.75, 3.05) is 13.6 Å². The third kappa shape index (κ3) is 53.9. The molecule has 0 rings (SSSR count). The molecule has 11 heavy (non-hydrogen) atoms. The van der Waals surface area contributed by atoms with Gasteiger partial charge in [0, 0.05) is 19.0 Å². The van der Waals surface area contributed by atoms with E-state index in [1.807, 2.05) is 13.1 Å². The molecule has 62 valence electrons. The van der Waals surface area contributed by atoms with E-state index in [4.69, 9.17) is 10.5 Å². The number of nitriles is 2. The lowest BCUT2D eigenvalue weighted by molar-refractivity contribution is 0.813. The van der Waals surface area contributed by atoms with Crippen molar-refractivity contribution in [3.05, 3.63) is 12.7 Å². The number of nitrogens with one attached hydrogen (secondary N) is 1. The first-order valence-corrected chi connectivity index (χ1v) is 2.85. The minimum absolute atomic E-state index is 0. The minimum atomic E-state index is 0. The van der Waals surface area contributed by atoms with Crippen molar-refractivity contribution in [3.63, 3.8) is 0 Å². The van der Waals surface area contributed by atoms with Crippen molar-refractivity contribution in [3.8, 4) is 12.1 Å². The van der Waals surface area contributed by atoms with Gasteiger partial charge in [-0.1, -0.05) is 14.0 Å². The Morgan fingerprint density at radius 2 is 2.00 bits per heavy atom. The molecule has 0 aliphatic rings. The highest BCUT2D eigenvalue weighted by molar-refractivity contribution is 4.93. The molecular formula is C8H15N3. The van der Waals surface area contributed by atoms with Gasteiger partial charge in [-0.3, -0.25) is 0 Å². The molecule has 0 aliphatic heterocycles. The van der Waals surface area contributed by atoms with Gasteiger partial charge in [-0.25, -0.2) is 0 Å². The van der Waals surface area contributed by atoms with E-state index >= 15 is 0 Å². The fourth-order valence-electron chi connectivity index (χ4n) is 0.181. The van der Waals surface area contributed by atoms with Crippen LogP contribution in [0.5, 0.6) is 0 Å². The van der Waals surface area contributed by atoms with E-state index in [1.165, 1.54) is 6.08 Å². The average molecular weight is 153 g/mol. The smallest absolute Gasteiger partial charge is 0.0905 e. The Morgan fingerprint density at radius 1 is 1.55 bits per heavy atom. The Bertz CT molecular complexity index is 138. The number of allylic oxidation sites excluding steroid dienone is 1. The molecule has 3 nitrogen and oxygen atoms in total. The average Bonchev–Trinajstić information content (AvgIpc) is 2.01. The second-order valence-corrected chi connectivity index (χ2v) is 1.34. The van der Waals surface area contributed by atoms with Gasteiger partial charge in [-0.15, -0.1) is 0 Å². The number of hydrogen-bond donors (Lipinski definition) is 1. The van der Waals surface area contributed by atoms with Crippen molar-refractivity contribution >= 4 is 0 Å². The third-order valence-electron chi connectivity index (χ3n) is 0.578. The normalized spacial score (nSPS) is 5.36. The largest absolute Gasteiger partial charge is 0.319 e. The summed E-state index contributed by atoms with van der Waals surface area (Å²) in [6.07, 6.45) is 1.79. The first-order valence-electron chi connectivity index (χ1n) is 2.85. The fourth-order valence-corrected chi connectivity index (χ4v) is 0.181. The summed E-state index contributed by atoms with van der Waals surface area (Å²) in [6.45, 7) is 3.92. The van der Waals surface area contributed by atoms with E-state index in [1.54, 1.807) is 6.07 Å². The van der Waals surface area contributed by atoms with Crippen molar-refractivity contribution < 1.29 is 0 Å². The zero-order chi connectivity index (χ0) is 8.24. The molecule has 0 heterocycles. The van der Waals surface area contributed by atoms with Gasteiger partial charge in [0.1, 0.15) is 0 Å². The Labute approximate surface area is 69.0 Å². The van der Waals surface area contributed by atoms with Crippen LogP contribution < -0.4 is 5.32 Å². The SMILES string of the molecule is C.C=CC#N.CNCCC#N. The van der Waals surface area contributed by atoms with Gasteiger partial charge in [0.2, 0.25) is 0 Å². The molecular weight excluding hydrogens is 138 g/mol. The second-order valence-electron chi connectivity index (χ2n) is 1.34. The molecule has 0 atom stereocenters. The Hall–Kier alpha value is -1.32. The summed E-state index contributed by atoms with van der Waals surface area (Å²) in [5, 5.41) is 18.3. The van der Waals surface area contributed by atoms with Crippen LogP contribution in [0.25, 0.3) is 0 Å². The predicted octanol–water partition coefficient (Wildman–Crippen LogP) is 1.45. The summed E-state index contributed by atoms with van der Waals surface area (Å²) in [5.74, 6) is 0. The zero-order valence-corrected chi connectivity index (χ0v) is 6.09. The predicted molar refractivity (Wildman–Crippen MR) is 46.7 cm³/mol. The minimum Gasteiger partial charge on any atom is -0.319 e. The van der Waals surface area contributed by atoms with Gasteiger partial charge in [0.25, 0.3) is 0 Å². The van der Waals surface area contributed by atoms with Crippen molar-refractivity contribution in [1.29, 1.82) is 10.5 Å². The highest BCUT2D eigenvalue weighted by atomic mass is 14.8. The zero-order valence-electron chi connectivity index (χ0n) is 6.09. The topological polar surface area (TPSA) is 59.6 Å². The van der Waals surface area contributed by atoms with Crippen LogP contribution in [0.1, 0.15) is 13.8 Å². The van der Waals surface area contributed by atoms with Gasteiger partial charge < -0.3 is 5.32 Å². The molecule has 0 amide bonds. The molecule has 0 aromatic heterocycles. The summed E-state index contributed by atoms with van der Waals surface area (Å²) < 4.78 is 0. The lowest BCUT2D eigenvalue weighted by atomic mass is 10.5. The van der Waals surface area contributed by atoms with Crippen molar-refractivity contribution in [2.45, 2.75) is 13.8 Å². The van der Waals surface area contributed by atoms with Crippen LogP contribution in [0.15, 0.2) is 12.7 Å². The summed E-state index contributed by atoms with van der Waals surface area (Å²) in [6, 6.07) is 3.70. The molecule has 0 aliphatic carbocycles. The van der Waals surface area contributed by atoms with Gasteiger partial charge in [-0.2, -0.15) is 10.5 Å². The van der Waals surface area contributed by atoms with Crippen molar-refractivity contribution in [2.24, 2.45) is 0 Å². The lowest BCUT2D eigenvalue weighted by Crippen LogP contribution is -2.05. The maximum atomic E-state index is 7.91. The summed E-state index contributed by atoms with van der Waals surface area (Å²) >= 11 is 0. The van der Waals surface area contributed by atoms with Gasteiger partial charge in [0.05, 0.1) is 12.1 Å². The monoisotopic (exact) mass is 153 g/mol. The highest BCUT2D eigenvalue weighted by Crippen LogP contribution is 1.63. The van der Waals surface area contributed by atoms with Crippen LogP contribution in [-0.2, 0) is 0 Å². The van der Waals surface area contributed by atoms with Gasteiger partial charge >= 0.3 is 0 Å². The summed E-state index contributed by atoms with van der Waals surface area (Å²) in [4.78, 5) is 0. The molecule has 0 radical (unpaired) electrons. The van der Waals surface area contributed by atoms with Crippen LogP contribution in [0.2, 0.25) is 0 Å². The first kappa shape index (κ1) is 16.3. The molecule has 0 bridgehead atoms. The highest BCUT2D eigenvalue weighted by Gasteiger charge is 1.71. The molecule has 0 unspecified atom stereocenters. The van der Waals surface area contributed by atoms with E-state index in [0.29, 0.717) is 6.42 Å². The standard InChI is InChI=1S/C4H8N2.C3H3N.CH4/c1-6-4-2-3-5;1-2-3-4;/h6H,2,4H2,1H3;2H,1H2;1H4. The van der Waals surface area contributed by atoms with Gasteiger partial charge in [0.15, 0.2) is 0 Å². The molecule has 1 N–H and O–H groups in total. The quantitative estimate of drug-likeness (QED) is 0.482. The number of hydrogen-bond acceptors (Lipinski definition) is 3. The Kier molecular flexibility index (Phi) is 34.7. The van der Waals surface area contributed by atoms with E-state index in [2.05, 4.69) is 11.9 Å². The lowest BCUT2D eigenvalue weighted by Gasteiger charge is -1.82. The molecule has 0 spiro atoms. The van der Waals surface area contributed by atoms with E-state index in [-0.39, 0.29) is 7.43 Å². The third-order valence-corrected chi connectivity index (χ3v) is 0.578. The van der Waals surface area contributed by atoms with E-state index in [0.717, 1.165) is 6.54 Å². The Morgan fingerprint density at radius 3 is 2.09 bits per heavy atom. The maximum Gasteiger partial charge on any atom is 0.0905 e. The van der Waals surface area contributed by atoms with Crippen LogP contribution in [0.4, 0.5) is 0 Å². The molecule has 0 saturated heterocycles. The van der Waals surface area contributed by atoms with Crippen LogP contribution in [-0.4, -0.2) is 13.6 Å². The van der Waals surface area contributed by atoms with Crippen molar-refractivity contribution in [1.82, 2.24) is 5.32 Å².